The number of urea groups is 1. The summed E-state index contributed by atoms with van der Waals surface area (Å²) in [6.07, 6.45) is 1.50. The first kappa shape index (κ1) is 22.3. The lowest BCUT2D eigenvalue weighted by molar-refractivity contribution is 0.0958. The summed E-state index contributed by atoms with van der Waals surface area (Å²) in [5.74, 6) is 1.03. The van der Waals surface area contributed by atoms with Crippen LogP contribution in [0.15, 0.2) is 66.9 Å². The number of aromatic nitrogens is 2. The van der Waals surface area contributed by atoms with Crippen LogP contribution in [0.2, 0.25) is 10.0 Å². The molecule has 0 aliphatic rings. The molecule has 2 aromatic heterocycles. The van der Waals surface area contributed by atoms with Gasteiger partial charge in [-0.25, -0.2) is 9.78 Å². The first-order chi connectivity index (χ1) is 15.9. The normalized spacial score (nSPS) is 10.5. The van der Waals surface area contributed by atoms with E-state index in [0.29, 0.717) is 38.6 Å². The molecule has 166 valence electrons. The molecule has 4 aromatic rings. The number of hydrogen-bond donors (Lipinski definition) is 3. The molecule has 0 saturated heterocycles. The van der Waals surface area contributed by atoms with Crippen molar-refractivity contribution in [3.8, 4) is 11.5 Å². The predicted octanol–water partition coefficient (Wildman–Crippen LogP) is 5.73. The van der Waals surface area contributed by atoms with Crippen LogP contribution in [-0.4, -0.2) is 29.0 Å². The molecule has 0 fully saturated rings. The van der Waals surface area contributed by atoms with Crippen molar-refractivity contribution in [3.05, 3.63) is 82.6 Å². The predicted molar refractivity (Wildman–Crippen MR) is 129 cm³/mol. The van der Waals surface area contributed by atoms with Crippen LogP contribution in [0.5, 0.6) is 11.5 Å². The zero-order chi connectivity index (χ0) is 23.4. The Balaban J connectivity index is 1.52. The van der Waals surface area contributed by atoms with Crippen molar-refractivity contribution < 1.29 is 14.3 Å². The number of anilines is 2. The molecule has 0 aliphatic heterocycles. The Bertz CT molecular complexity index is 1360. The number of nitrogens with zero attached hydrogens (tertiary/aromatic N) is 2. The number of ether oxygens (including phenoxy) is 1. The molecule has 0 aliphatic carbocycles. The molecule has 2 aromatic carbocycles. The number of benzene rings is 2. The van der Waals surface area contributed by atoms with Gasteiger partial charge in [0.15, 0.2) is 0 Å². The van der Waals surface area contributed by atoms with Crippen LogP contribution in [0.4, 0.5) is 16.3 Å². The van der Waals surface area contributed by atoms with Gasteiger partial charge in [-0.2, -0.15) is 0 Å². The molecule has 0 spiro atoms. The van der Waals surface area contributed by atoms with E-state index in [-0.39, 0.29) is 11.6 Å². The number of pyridine rings is 2. The number of fused-ring (bicyclic) bond motifs is 1. The number of amides is 3. The zero-order valence-corrected chi connectivity index (χ0v) is 18.7. The van der Waals surface area contributed by atoms with Crippen molar-refractivity contribution in [2.45, 2.75) is 0 Å². The van der Waals surface area contributed by atoms with Crippen LogP contribution >= 0.6 is 23.2 Å². The van der Waals surface area contributed by atoms with Crippen LogP contribution in [-0.2, 0) is 0 Å². The molecule has 3 N–H and O–H groups in total. The van der Waals surface area contributed by atoms with Gasteiger partial charge in [0.25, 0.3) is 5.91 Å². The molecule has 0 radical (unpaired) electrons. The first-order valence-electron chi connectivity index (χ1n) is 9.72. The second-order valence-corrected chi connectivity index (χ2v) is 7.62. The summed E-state index contributed by atoms with van der Waals surface area (Å²) in [4.78, 5) is 32.7. The van der Waals surface area contributed by atoms with Crippen LogP contribution in [0, 0.1) is 0 Å². The van der Waals surface area contributed by atoms with E-state index in [4.69, 9.17) is 27.9 Å². The lowest BCUT2D eigenvalue weighted by Gasteiger charge is -2.11. The van der Waals surface area contributed by atoms with E-state index >= 15 is 0 Å². The lowest BCUT2D eigenvalue weighted by Crippen LogP contribution is -2.20. The summed E-state index contributed by atoms with van der Waals surface area (Å²) >= 11 is 12.0. The third kappa shape index (κ3) is 5.31. The Morgan fingerprint density at radius 1 is 0.970 bits per heavy atom. The van der Waals surface area contributed by atoms with Crippen LogP contribution in [0.1, 0.15) is 10.5 Å². The summed E-state index contributed by atoms with van der Waals surface area (Å²) in [7, 11) is 1.53. The second-order valence-electron chi connectivity index (χ2n) is 6.78. The van der Waals surface area contributed by atoms with Crippen molar-refractivity contribution in [2.75, 3.05) is 17.7 Å². The summed E-state index contributed by atoms with van der Waals surface area (Å²) in [5, 5.41) is 9.37. The highest BCUT2D eigenvalue weighted by Crippen LogP contribution is 2.30. The SMILES string of the molecule is CNC(=O)c1cc(Oc2cccc3nc(NC(=O)Nc4ccc(Cl)cc4Cl)ccc23)ccn1. The van der Waals surface area contributed by atoms with Crippen LogP contribution in [0.25, 0.3) is 10.9 Å². The lowest BCUT2D eigenvalue weighted by atomic mass is 10.2. The highest BCUT2D eigenvalue weighted by Gasteiger charge is 2.11. The Morgan fingerprint density at radius 2 is 1.82 bits per heavy atom. The van der Waals surface area contributed by atoms with E-state index in [0.717, 1.165) is 5.39 Å². The summed E-state index contributed by atoms with van der Waals surface area (Å²) in [6, 6.07) is 16.3. The Labute approximate surface area is 198 Å². The Kier molecular flexibility index (Phi) is 6.58. The van der Waals surface area contributed by atoms with Crippen molar-refractivity contribution in [3.63, 3.8) is 0 Å². The monoisotopic (exact) mass is 481 g/mol. The molecule has 8 nitrogen and oxygen atoms in total. The molecular formula is C23H17Cl2N5O3. The van der Waals surface area contributed by atoms with Gasteiger partial charge in [0.05, 0.1) is 16.2 Å². The maximum Gasteiger partial charge on any atom is 0.324 e. The average Bonchev–Trinajstić information content (AvgIpc) is 2.80. The number of carbonyl (C=O) groups excluding carboxylic acids is 2. The fourth-order valence-electron chi connectivity index (χ4n) is 3.00. The quantitative estimate of drug-likeness (QED) is 0.337. The van der Waals surface area contributed by atoms with Crippen molar-refractivity contribution in [1.82, 2.24) is 15.3 Å². The van der Waals surface area contributed by atoms with E-state index in [2.05, 4.69) is 25.9 Å². The van der Waals surface area contributed by atoms with Crippen LogP contribution in [0.3, 0.4) is 0 Å². The minimum atomic E-state index is -0.503. The molecule has 3 amide bonds. The van der Waals surface area contributed by atoms with Gasteiger partial charge >= 0.3 is 6.03 Å². The van der Waals surface area contributed by atoms with E-state index in [1.54, 1.807) is 54.6 Å². The number of nitrogens with one attached hydrogen (secondary N) is 3. The van der Waals surface area contributed by atoms with Gasteiger partial charge in [0.1, 0.15) is 23.0 Å². The maximum atomic E-state index is 12.4. The average molecular weight is 482 g/mol. The number of hydrogen-bond acceptors (Lipinski definition) is 5. The molecule has 0 saturated carbocycles. The van der Waals surface area contributed by atoms with Crippen molar-refractivity contribution in [2.24, 2.45) is 0 Å². The van der Waals surface area contributed by atoms with Gasteiger partial charge in [-0.15, -0.1) is 0 Å². The smallest absolute Gasteiger partial charge is 0.324 e. The maximum absolute atomic E-state index is 12.4. The summed E-state index contributed by atoms with van der Waals surface area (Å²) in [6.45, 7) is 0. The highest BCUT2D eigenvalue weighted by molar-refractivity contribution is 6.36. The largest absolute Gasteiger partial charge is 0.457 e. The van der Waals surface area contributed by atoms with E-state index in [1.165, 1.54) is 19.3 Å². The minimum absolute atomic E-state index is 0.242. The van der Waals surface area contributed by atoms with Gasteiger partial charge < -0.3 is 15.4 Å². The van der Waals surface area contributed by atoms with Gasteiger partial charge in [-0.05, 0) is 48.5 Å². The molecule has 33 heavy (non-hydrogen) atoms. The topological polar surface area (TPSA) is 105 Å². The van der Waals surface area contributed by atoms with Gasteiger partial charge in [-0.3, -0.25) is 15.1 Å². The fourth-order valence-corrected chi connectivity index (χ4v) is 3.46. The number of rotatable bonds is 5. The van der Waals surface area contributed by atoms with E-state index < -0.39 is 6.03 Å². The van der Waals surface area contributed by atoms with Gasteiger partial charge in [0, 0.05) is 29.7 Å². The first-order valence-corrected chi connectivity index (χ1v) is 10.5. The Hall–Kier alpha value is -3.88. The van der Waals surface area contributed by atoms with Crippen molar-refractivity contribution >= 4 is 57.5 Å². The highest BCUT2D eigenvalue weighted by atomic mass is 35.5. The number of carbonyl (C=O) groups is 2. The zero-order valence-electron chi connectivity index (χ0n) is 17.2. The van der Waals surface area contributed by atoms with Gasteiger partial charge in [-0.1, -0.05) is 29.3 Å². The molecule has 4 rings (SSSR count). The minimum Gasteiger partial charge on any atom is -0.457 e. The summed E-state index contributed by atoms with van der Waals surface area (Å²) < 4.78 is 5.96. The van der Waals surface area contributed by atoms with Crippen LogP contribution < -0.4 is 20.7 Å². The molecule has 10 heteroatoms. The third-order valence-corrected chi connectivity index (χ3v) is 5.08. The molecule has 0 atom stereocenters. The Morgan fingerprint density at radius 3 is 2.61 bits per heavy atom. The van der Waals surface area contributed by atoms with E-state index in [9.17, 15) is 9.59 Å². The van der Waals surface area contributed by atoms with Gasteiger partial charge in [0.2, 0.25) is 0 Å². The standard InChI is InChI=1S/C23H17Cl2N5O3/c1-26-22(31)19-12-14(9-10-27-19)33-20-4-2-3-17-15(20)6-8-21(28-17)30-23(32)29-18-7-5-13(24)11-16(18)25/h2-12H,1H3,(H,26,31)(H2,28,29,30,32). The molecular weight excluding hydrogens is 465 g/mol. The molecule has 2 heterocycles. The molecule has 0 bridgehead atoms. The fraction of sp³-hybridized carbons (Fsp3) is 0.0435. The number of halogens is 2. The van der Waals surface area contributed by atoms with E-state index in [1.807, 2.05) is 0 Å². The third-order valence-electron chi connectivity index (χ3n) is 4.53. The molecule has 0 unspecified atom stereocenters. The van der Waals surface area contributed by atoms with Crippen molar-refractivity contribution in [1.29, 1.82) is 0 Å². The summed E-state index contributed by atoms with van der Waals surface area (Å²) in [5.41, 5.74) is 1.27. The second kappa shape index (κ2) is 9.72.